The van der Waals surface area contributed by atoms with Crippen LogP contribution >= 0.6 is 0 Å². The quantitative estimate of drug-likeness (QED) is 0.843. The first-order chi connectivity index (χ1) is 10.9. The van der Waals surface area contributed by atoms with Gasteiger partial charge in [-0.2, -0.15) is 0 Å². The molecule has 2 aromatic rings. The van der Waals surface area contributed by atoms with Gasteiger partial charge in [0.25, 0.3) is 5.91 Å². The Morgan fingerprint density at radius 1 is 1.35 bits per heavy atom. The monoisotopic (exact) mass is 318 g/mol. The van der Waals surface area contributed by atoms with E-state index in [0.29, 0.717) is 5.69 Å². The highest BCUT2D eigenvalue weighted by Gasteiger charge is 2.36. The highest BCUT2D eigenvalue weighted by atomic mass is 16.5. The highest BCUT2D eigenvalue weighted by Crippen LogP contribution is 2.20. The van der Waals surface area contributed by atoms with Crippen molar-refractivity contribution in [3.63, 3.8) is 0 Å². The van der Waals surface area contributed by atoms with Gasteiger partial charge >= 0.3 is 5.97 Å². The van der Waals surface area contributed by atoms with Crippen LogP contribution in [-0.2, 0) is 9.53 Å². The Morgan fingerprint density at radius 3 is 2.57 bits per heavy atom. The van der Waals surface area contributed by atoms with Gasteiger partial charge in [-0.15, -0.1) is 0 Å². The van der Waals surface area contributed by atoms with Gasteiger partial charge in [0.1, 0.15) is 5.69 Å². The maximum Gasteiger partial charge on any atom is 0.331 e. The summed E-state index contributed by atoms with van der Waals surface area (Å²) in [6.07, 6.45) is 0. The molecule has 23 heavy (non-hydrogen) atoms. The van der Waals surface area contributed by atoms with Gasteiger partial charge in [-0.3, -0.25) is 4.79 Å². The van der Waals surface area contributed by atoms with Crippen molar-refractivity contribution in [3.05, 3.63) is 41.7 Å². The number of carbonyl (C=O) groups excluding carboxylic acids is 1. The molecule has 0 aliphatic carbocycles. The summed E-state index contributed by atoms with van der Waals surface area (Å²) in [7, 11) is 1.36. The molecule has 1 aromatic heterocycles. The summed E-state index contributed by atoms with van der Waals surface area (Å²) in [5, 5.41) is 15.5. The Hall–Kier alpha value is -2.67. The molecule has 0 saturated carbocycles. The Morgan fingerprint density at radius 2 is 2.00 bits per heavy atom. The Balaban J connectivity index is 2.18. The molecule has 7 heteroatoms. The predicted molar refractivity (Wildman–Crippen MR) is 82.1 cm³/mol. The van der Waals surface area contributed by atoms with Gasteiger partial charge in [-0.05, 0) is 13.8 Å². The van der Waals surface area contributed by atoms with Crippen LogP contribution in [0.2, 0.25) is 0 Å². The number of aryl methyl sites for hydroxylation is 1. The SMILES string of the molecule is COCC(C)(NC(=O)c1cc(-c2ccc(C)cc2)no1)C(=O)O. The minimum absolute atomic E-state index is 0.0656. The normalized spacial score (nSPS) is 13.3. The van der Waals surface area contributed by atoms with E-state index >= 15 is 0 Å². The van der Waals surface area contributed by atoms with Crippen LogP contribution in [-0.4, -0.2) is 41.4 Å². The minimum atomic E-state index is -1.55. The second-order valence-electron chi connectivity index (χ2n) is 5.47. The van der Waals surface area contributed by atoms with Crippen LogP contribution in [0.4, 0.5) is 0 Å². The van der Waals surface area contributed by atoms with Crippen LogP contribution in [0.25, 0.3) is 11.3 Å². The molecule has 1 heterocycles. The average molecular weight is 318 g/mol. The van der Waals surface area contributed by atoms with E-state index < -0.39 is 17.4 Å². The number of nitrogens with one attached hydrogen (secondary N) is 1. The molecule has 0 fully saturated rings. The van der Waals surface area contributed by atoms with Crippen molar-refractivity contribution in [2.75, 3.05) is 13.7 Å². The molecular weight excluding hydrogens is 300 g/mol. The number of aliphatic carboxylic acids is 1. The fourth-order valence-corrected chi connectivity index (χ4v) is 1.99. The predicted octanol–water partition coefficient (Wildman–Crippen LogP) is 1.87. The number of benzene rings is 1. The van der Waals surface area contributed by atoms with Crippen molar-refractivity contribution in [1.82, 2.24) is 10.5 Å². The number of carboxylic acid groups (broad SMARTS) is 1. The number of carboxylic acids is 1. The van der Waals surface area contributed by atoms with Gasteiger partial charge in [-0.25, -0.2) is 4.79 Å². The molecule has 1 unspecified atom stereocenters. The van der Waals surface area contributed by atoms with E-state index in [9.17, 15) is 14.7 Å². The van der Waals surface area contributed by atoms with Crippen molar-refractivity contribution in [2.24, 2.45) is 0 Å². The van der Waals surface area contributed by atoms with E-state index in [-0.39, 0.29) is 12.4 Å². The lowest BCUT2D eigenvalue weighted by atomic mass is 10.0. The number of hydrogen-bond donors (Lipinski definition) is 2. The van der Waals surface area contributed by atoms with E-state index in [1.807, 2.05) is 31.2 Å². The second-order valence-corrected chi connectivity index (χ2v) is 5.47. The maximum absolute atomic E-state index is 12.2. The van der Waals surface area contributed by atoms with Gasteiger partial charge in [0.05, 0.1) is 6.61 Å². The van der Waals surface area contributed by atoms with Gasteiger partial charge in [0.15, 0.2) is 5.54 Å². The molecule has 0 aliphatic heterocycles. The first kappa shape index (κ1) is 16.7. The number of aromatic nitrogens is 1. The van der Waals surface area contributed by atoms with Crippen LogP contribution in [0.5, 0.6) is 0 Å². The number of rotatable bonds is 6. The van der Waals surface area contributed by atoms with Crippen LogP contribution in [0, 0.1) is 6.92 Å². The third kappa shape index (κ3) is 3.75. The molecule has 1 atom stereocenters. The third-order valence-electron chi connectivity index (χ3n) is 3.38. The summed E-state index contributed by atoms with van der Waals surface area (Å²) in [5.74, 6) is -1.94. The first-order valence-corrected chi connectivity index (χ1v) is 6.94. The summed E-state index contributed by atoms with van der Waals surface area (Å²) in [4.78, 5) is 23.5. The zero-order chi connectivity index (χ0) is 17.0. The number of hydrogen-bond acceptors (Lipinski definition) is 5. The molecule has 7 nitrogen and oxygen atoms in total. The third-order valence-corrected chi connectivity index (χ3v) is 3.38. The lowest BCUT2D eigenvalue weighted by molar-refractivity contribution is -0.145. The van der Waals surface area contributed by atoms with Crippen LogP contribution < -0.4 is 5.32 Å². The van der Waals surface area contributed by atoms with Crippen molar-refractivity contribution in [2.45, 2.75) is 19.4 Å². The average Bonchev–Trinajstić information content (AvgIpc) is 2.98. The number of carbonyl (C=O) groups is 2. The number of nitrogens with zero attached hydrogens (tertiary/aromatic N) is 1. The Labute approximate surface area is 133 Å². The number of ether oxygens (including phenoxy) is 1. The molecule has 0 radical (unpaired) electrons. The van der Waals surface area contributed by atoms with Gasteiger partial charge in [0.2, 0.25) is 5.76 Å². The number of methoxy groups -OCH3 is 1. The van der Waals surface area contributed by atoms with Crippen molar-refractivity contribution < 1.29 is 24.0 Å². The molecule has 0 bridgehead atoms. The van der Waals surface area contributed by atoms with E-state index in [1.54, 1.807) is 0 Å². The smallest absolute Gasteiger partial charge is 0.331 e. The van der Waals surface area contributed by atoms with Crippen LogP contribution in [0.3, 0.4) is 0 Å². The molecule has 0 aliphatic rings. The van der Waals surface area contributed by atoms with Crippen LogP contribution in [0.15, 0.2) is 34.9 Å². The fourth-order valence-electron chi connectivity index (χ4n) is 1.99. The van der Waals surface area contributed by atoms with Gasteiger partial charge < -0.3 is 19.7 Å². The Kier molecular flexibility index (Phi) is 4.80. The first-order valence-electron chi connectivity index (χ1n) is 6.94. The summed E-state index contributed by atoms with van der Waals surface area (Å²) in [6, 6.07) is 9.03. The zero-order valence-corrected chi connectivity index (χ0v) is 13.1. The maximum atomic E-state index is 12.2. The Bertz CT molecular complexity index is 708. The minimum Gasteiger partial charge on any atom is -0.479 e. The van der Waals surface area contributed by atoms with Crippen molar-refractivity contribution in [3.8, 4) is 11.3 Å². The summed E-state index contributed by atoms with van der Waals surface area (Å²) >= 11 is 0. The molecule has 0 saturated heterocycles. The van der Waals surface area contributed by atoms with Gasteiger partial charge in [-0.1, -0.05) is 35.0 Å². The van der Waals surface area contributed by atoms with Gasteiger partial charge in [0, 0.05) is 18.7 Å². The van der Waals surface area contributed by atoms with Crippen molar-refractivity contribution in [1.29, 1.82) is 0 Å². The highest BCUT2D eigenvalue weighted by molar-refractivity contribution is 5.96. The fraction of sp³-hybridized carbons (Fsp3) is 0.312. The second kappa shape index (κ2) is 6.62. The number of amides is 1. The molecule has 1 aromatic carbocycles. The van der Waals surface area contributed by atoms with E-state index in [4.69, 9.17) is 9.26 Å². The lowest BCUT2D eigenvalue weighted by Gasteiger charge is -2.24. The zero-order valence-electron chi connectivity index (χ0n) is 13.1. The van der Waals surface area contributed by atoms with E-state index in [1.165, 1.54) is 20.1 Å². The van der Waals surface area contributed by atoms with Crippen LogP contribution in [0.1, 0.15) is 23.0 Å². The molecule has 2 rings (SSSR count). The summed E-state index contributed by atoms with van der Waals surface area (Å²) in [6.45, 7) is 3.15. The largest absolute Gasteiger partial charge is 0.479 e. The van der Waals surface area contributed by atoms with Crippen molar-refractivity contribution >= 4 is 11.9 Å². The topological polar surface area (TPSA) is 102 Å². The molecule has 2 N–H and O–H groups in total. The van der Waals surface area contributed by atoms with E-state index in [0.717, 1.165) is 11.1 Å². The standard InChI is InChI=1S/C16H18N2O5/c1-10-4-6-11(7-5-10)12-8-13(23-18-12)14(19)17-16(2,9-22-3)15(20)21/h4-8H,9H2,1-3H3,(H,17,19)(H,20,21). The molecule has 1 amide bonds. The summed E-state index contributed by atoms with van der Waals surface area (Å²) in [5.41, 5.74) is 0.852. The lowest BCUT2D eigenvalue weighted by Crippen LogP contribution is -2.55. The molecular formula is C16H18N2O5. The summed E-state index contributed by atoms with van der Waals surface area (Å²) < 4.78 is 9.87. The molecule has 0 spiro atoms. The van der Waals surface area contributed by atoms with E-state index in [2.05, 4.69) is 10.5 Å². The molecule has 122 valence electrons.